The molecule has 0 saturated carbocycles. The largest absolute Gasteiger partial charge is 0.492 e. The number of benzene rings is 1. The number of rotatable bonds is 7. The van der Waals surface area contributed by atoms with Gasteiger partial charge in [0.1, 0.15) is 5.75 Å². The minimum Gasteiger partial charge on any atom is -0.492 e. The molecule has 6 heteroatoms. The Balaban J connectivity index is 2.04. The number of nitrogens with one attached hydrogen (secondary N) is 2. The van der Waals surface area contributed by atoms with Gasteiger partial charge >= 0.3 is 0 Å². The molecular weight excluding hydrogens is 330 g/mol. The first-order valence-electron chi connectivity index (χ1n) is 9.41. The standard InChI is InChI=1S/C20H31N3O3/c1-5-26-18-13-16(20(25)23(3)4)6-7-17(18)22-19(24)12-14(2)15-8-10-21-11-9-15/h6-7,13-15,21H,5,8-12H2,1-4H3,(H,22,24). The molecule has 1 saturated heterocycles. The topological polar surface area (TPSA) is 70.7 Å². The Labute approximate surface area is 156 Å². The first kappa shape index (κ1) is 20.2. The van der Waals surface area contributed by atoms with Gasteiger partial charge in [0.15, 0.2) is 0 Å². The zero-order valence-corrected chi connectivity index (χ0v) is 16.3. The molecule has 6 nitrogen and oxygen atoms in total. The third-order valence-corrected chi connectivity index (χ3v) is 4.90. The molecule has 1 heterocycles. The van der Waals surface area contributed by atoms with Crippen LogP contribution >= 0.6 is 0 Å². The molecule has 26 heavy (non-hydrogen) atoms. The summed E-state index contributed by atoms with van der Waals surface area (Å²) in [6.07, 6.45) is 2.74. The van der Waals surface area contributed by atoms with Gasteiger partial charge in [-0.15, -0.1) is 0 Å². The van der Waals surface area contributed by atoms with E-state index >= 15 is 0 Å². The maximum atomic E-state index is 12.5. The molecule has 1 aromatic carbocycles. The molecule has 0 spiro atoms. The van der Waals surface area contributed by atoms with Crippen molar-refractivity contribution in [2.75, 3.05) is 39.1 Å². The van der Waals surface area contributed by atoms with Crippen LogP contribution in [-0.2, 0) is 4.79 Å². The number of nitrogens with zero attached hydrogens (tertiary/aromatic N) is 1. The smallest absolute Gasteiger partial charge is 0.253 e. The second-order valence-electron chi connectivity index (χ2n) is 7.16. The van der Waals surface area contributed by atoms with Crippen LogP contribution in [0.4, 0.5) is 5.69 Å². The summed E-state index contributed by atoms with van der Waals surface area (Å²) in [4.78, 5) is 26.1. The minimum atomic E-state index is -0.0941. The molecule has 1 aliphatic rings. The Kier molecular flexibility index (Phi) is 7.45. The first-order chi connectivity index (χ1) is 12.4. The maximum Gasteiger partial charge on any atom is 0.253 e. The molecule has 0 aliphatic carbocycles. The molecule has 1 atom stereocenters. The average Bonchev–Trinajstić information content (AvgIpc) is 2.63. The summed E-state index contributed by atoms with van der Waals surface area (Å²) in [6.45, 7) is 6.57. The fraction of sp³-hybridized carbons (Fsp3) is 0.600. The fourth-order valence-corrected chi connectivity index (χ4v) is 3.37. The average molecular weight is 361 g/mol. The van der Waals surface area contributed by atoms with E-state index in [9.17, 15) is 9.59 Å². The van der Waals surface area contributed by atoms with Gasteiger partial charge in [-0.2, -0.15) is 0 Å². The summed E-state index contributed by atoms with van der Waals surface area (Å²) in [5.74, 6) is 1.37. The van der Waals surface area contributed by atoms with Crippen molar-refractivity contribution in [3.05, 3.63) is 23.8 Å². The van der Waals surface area contributed by atoms with Crippen molar-refractivity contribution in [1.82, 2.24) is 10.2 Å². The number of piperidine rings is 1. The van der Waals surface area contributed by atoms with E-state index in [1.54, 1.807) is 32.3 Å². The van der Waals surface area contributed by atoms with Crippen LogP contribution in [0.3, 0.4) is 0 Å². The van der Waals surface area contributed by atoms with Gasteiger partial charge in [0.25, 0.3) is 5.91 Å². The van der Waals surface area contributed by atoms with Crippen LogP contribution in [0.15, 0.2) is 18.2 Å². The second kappa shape index (κ2) is 9.57. The molecular formula is C20H31N3O3. The zero-order chi connectivity index (χ0) is 19.1. The molecule has 144 valence electrons. The molecule has 1 aliphatic heterocycles. The molecule has 1 fully saturated rings. The van der Waals surface area contributed by atoms with Crippen LogP contribution in [0.1, 0.15) is 43.5 Å². The fourth-order valence-electron chi connectivity index (χ4n) is 3.37. The number of carbonyl (C=O) groups excluding carboxylic acids is 2. The van der Waals surface area contributed by atoms with E-state index in [0.717, 1.165) is 25.9 Å². The molecule has 1 aromatic rings. The number of hydrogen-bond donors (Lipinski definition) is 2. The van der Waals surface area contributed by atoms with Crippen molar-refractivity contribution < 1.29 is 14.3 Å². The highest BCUT2D eigenvalue weighted by Crippen LogP contribution is 2.28. The third-order valence-electron chi connectivity index (χ3n) is 4.90. The van der Waals surface area contributed by atoms with Crippen LogP contribution < -0.4 is 15.4 Å². The molecule has 2 amide bonds. The molecule has 0 bridgehead atoms. The zero-order valence-electron chi connectivity index (χ0n) is 16.3. The van der Waals surface area contributed by atoms with Gasteiger partial charge in [0.2, 0.25) is 5.91 Å². The van der Waals surface area contributed by atoms with Crippen LogP contribution in [0, 0.1) is 11.8 Å². The summed E-state index contributed by atoms with van der Waals surface area (Å²) in [6, 6.07) is 5.16. The van der Waals surface area contributed by atoms with E-state index < -0.39 is 0 Å². The highest BCUT2D eigenvalue weighted by Gasteiger charge is 2.22. The summed E-state index contributed by atoms with van der Waals surface area (Å²) in [5, 5.41) is 6.31. The summed E-state index contributed by atoms with van der Waals surface area (Å²) in [5.41, 5.74) is 1.16. The molecule has 1 unspecified atom stereocenters. The molecule has 0 aromatic heterocycles. The van der Waals surface area contributed by atoms with Gasteiger partial charge < -0.3 is 20.3 Å². The van der Waals surface area contributed by atoms with E-state index in [-0.39, 0.29) is 11.8 Å². The summed E-state index contributed by atoms with van der Waals surface area (Å²) < 4.78 is 5.64. The van der Waals surface area contributed by atoms with Crippen molar-refractivity contribution in [3.8, 4) is 5.75 Å². The third kappa shape index (κ3) is 5.46. The van der Waals surface area contributed by atoms with Crippen LogP contribution in [0.25, 0.3) is 0 Å². The summed E-state index contributed by atoms with van der Waals surface area (Å²) in [7, 11) is 3.42. The predicted molar refractivity (Wildman–Crippen MR) is 104 cm³/mol. The van der Waals surface area contributed by atoms with Gasteiger partial charge in [-0.25, -0.2) is 0 Å². The van der Waals surface area contributed by atoms with Gasteiger partial charge in [-0.3, -0.25) is 9.59 Å². The van der Waals surface area contributed by atoms with E-state index in [1.807, 2.05) is 6.92 Å². The van der Waals surface area contributed by atoms with E-state index in [2.05, 4.69) is 17.6 Å². The lowest BCUT2D eigenvalue weighted by Gasteiger charge is -2.28. The van der Waals surface area contributed by atoms with Crippen molar-refractivity contribution in [2.24, 2.45) is 11.8 Å². The van der Waals surface area contributed by atoms with Gasteiger partial charge in [-0.1, -0.05) is 6.92 Å². The minimum absolute atomic E-state index is 0.0105. The van der Waals surface area contributed by atoms with Crippen molar-refractivity contribution in [1.29, 1.82) is 0 Å². The van der Waals surface area contributed by atoms with E-state index in [4.69, 9.17) is 4.74 Å². The number of anilines is 1. The normalized spacial score (nSPS) is 16.0. The van der Waals surface area contributed by atoms with Crippen LogP contribution in [0.2, 0.25) is 0 Å². The van der Waals surface area contributed by atoms with E-state index in [1.165, 1.54) is 4.90 Å². The highest BCUT2D eigenvalue weighted by molar-refractivity contribution is 5.97. The van der Waals surface area contributed by atoms with Crippen LogP contribution in [0.5, 0.6) is 5.75 Å². The summed E-state index contributed by atoms with van der Waals surface area (Å²) >= 11 is 0. The predicted octanol–water partition coefficient (Wildman–Crippen LogP) is 2.75. The quantitative estimate of drug-likeness (QED) is 0.783. The molecule has 2 N–H and O–H groups in total. The van der Waals surface area contributed by atoms with Crippen molar-refractivity contribution >= 4 is 17.5 Å². The molecule has 0 radical (unpaired) electrons. The number of amides is 2. The van der Waals surface area contributed by atoms with E-state index in [0.29, 0.717) is 41.9 Å². The lowest BCUT2D eigenvalue weighted by atomic mass is 9.84. The van der Waals surface area contributed by atoms with Crippen LogP contribution in [-0.4, -0.2) is 50.5 Å². The van der Waals surface area contributed by atoms with Gasteiger partial charge in [0, 0.05) is 26.1 Å². The molecule has 2 rings (SSSR count). The van der Waals surface area contributed by atoms with Gasteiger partial charge in [0.05, 0.1) is 12.3 Å². The monoisotopic (exact) mass is 361 g/mol. The first-order valence-corrected chi connectivity index (χ1v) is 9.41. The van der Waals surface area contributed by atoms with Gasteiger partial charge in [-0.05, 0) is 62.9 Å². The number of carbonyl (C=O) groups is 2. The van der Waals surface area contributed by atoms with Crippen molar-refractivity contribution in [2.45, 2.75) is 33.1 Å². The Morgan fingerprint density at radius 1 is 1.31 bits per heavy atom. The van der Waals surface area contributed by atoms with Crippen molar-refractivity contribution in [3.63, 3.8) is 0 Å². The lowest BCUT2D eigenvalue weighted by molar-refractivity contribution is -0.117. The Morgan fingerprint density at radius 3 is 2.62 bits per heavy atom. The maximum absolute atomic E-state index is 12.5. The second-order valence-corrected chi connectivity index (χ2v) is 7.16. The Bertz CT molecular complexity index is 625. The highest BCUT2D eigenvalue weighted by atomic mass is 16.5. The number of ether oxygens (including phenoxy) is 1. The Hall–Kier alpha value is -2.08. The lowest BCUT2D eigenvalue weighted by Crippen LogP contribution is -2.32. The number of hydrogen-bond acceptors (Lipinski definition) is 4. The SMILES string of the molecule is CCOc1cc(C(=O)N(C)C)ccc1NC(=O)CC(C)C1CCNCC1. The Morgan fingerprint density at radius 2 is 2.00 bits per heavy atom.